The number of benzene rings is 4. The minimum Gasteiger partial charge on any atom is -0.488 e. The van der Waals surface area contributed by atoms with Crippen molar-refractivity contribution in [2.45, 2.75) is 62.4 Å². The normalized spacial score (nSPS) is 16.7. The van der Waals surface area contributed by atoms with Gasteiger partial charge in [0.25, 0.3) is 5.69 Å². The van der Waals surface area contributed by atoms with E-state index in [2.05, 4.69) is 26.0 Å². The van der Waals surface area contributed by atoms with Crippen molar-refractivity contribution in [3.05, 3.63) is 122 Å². The highest BCUT2D eigenvalue weighted by molar-refractivity contribution is 9.10. The molecule has 0 saturated carbocycles. The van der Waals surface area contributed by atoms with Gasteiger partial charge in [-0.05, 0) is 73.9 Å². The van der Waals surface area contributed by atoms with Crippen molar-refractivity contribution in [1.29, 1.82) is 0 Å². The van der Waals surface area contributed by atoms with E-state index in [1.54, 1.807) is 45.0 Å². The summed E-state index contributed by atoms with van der Waals surface area (Å²) in [5, 5.41) is 14.0. The lowest BCUT2D eigenvalue weighted by Gasteiger charge is -2.29. The molecule has 0 aromatic heterocycles. The zero-order chi connectivity index (χ0) is 36.9. The summed E-state index contributed by atoms with van der Waals surface area (Å²) in [5.74, 6) is -0.110. The number of likely N-dealkylation sites (tertiary alicyclic amines) is 1. The van der Waals surface area contributed by atoms with Crippen molar-refractivity contribution in [3.8, 4) is 16.9 Å². The summed E-state index contributed by atoms with van der Waals surface area (Å²) in [4.78, 5) is 39.0. The van der Waals surface area contributed by atoms with Gasteiger partial charge < -0.3 is 14.8 Å². The van der Waals surface area contributed by atoms with Gasteiger partial charge in [-0.25, -0.2) is 13.2 Å². The standard InChI is InChI=1S/C36H36BrClN4O8S/c1-36(2,3)50-35(44)41-22-28(49-27-15-11-25(12-16-27)24-7-5-4-6-8-24)20-32(41)34(43)39-33(19-23-9-13-26(37)14-10-23)40-51(47,48)29-17-18-30(38)31(21-29)42(45)46/h4-18,21,28,32-33,40H,19-20,22H2,1-3H3,(H,39,43)/t28-,32-,33-/m0/s1. The maximum absolute atomic E-state index is 14.0. The molecule has 51 heavy (non-hydrogen) atoms. The molecule has 12 nitrogen and oxygen atoms in total. The van der Waals surface area contributed by atoms with E-state index in [0.29, 0.717) is 11.3 Å². The maximum Gasteiger partial charge on any atom is 0.411 e. The van der Waals surface area contributed by atoms with Crippen LogP contribution >= 0.6 is 27.5 Å². The molecule has 268 valence electrons. The van der Waals surface area contributed by atoms with Gasteiger partial charge in [0.15, 0.2) is 0 Å². The highest BCUT2D eigenvalue weighted by atomic mass is 79.9. The van der Waals surface area contributed by atoms with Crippen molar-refractivity contribution in [2.75, 3.05) is 6.54 Å². The van der Waals surface area contributed by atoms with Crippen molar-refractivity contribution in [3.63, 3.8) is 0 Å². The zero-order valence-electron chi connectivity index (χ0n) is 27.9. The lowest BCUT2D eigenvalue weighted by molar-refractivity contribution is -0.384. The zero-order valence-corrected chi connectivity index (χ0v) is 31.1. The SMILES string of the molecule is CC(C)(C)OC(=O)N1C[C@@H](Oc2ccc(-c3ccccc3)cc2)C[C@H]1C(=O)N[C@H](Cc1ccc(Br)cc1)NS(=O)(=O)c1ccc(Cl)c([N+](=O)[O-])c1. The molecule has 2 N–H and O–H groups in total. The van der Waals surface area contributed by atoms with Gasteiger partial charge in [-0.15, -0.1) is 0 Å². The highest BCUT2D eigenvalue weighted by Crippen LogP contribution is 2.29. The Hall–Kier alpha value is -4.50. The van der Waals surface area contributed by atoms with Crippen molar-refractivity contribution < 1.29 is 32.4 Å². The van der Waals surface area contributed by atoms with Crippen LogP contribution in [0.5, 0.6) is 5.75 Å². The Bertz CT molecular complexity index is 1990. The van der Waals surface area contributed by atoms with Gasteiger partial charge >= 0.3 is 6.09 Å². The summed E-state index contributed by atoms with van der Waals surface area (Å²) in [6.45, 7) is 5.17. The van der Waals surface area contributed by atoms with Crippen LogP contribution < -0.4 is 14.8 Å². The molecule has 2 amide bonds. The van der Waals surface area contributed by atoms with Crippen LogP contribution in [0, 0.1) is 10.1 Å². The van der Waals surface area contributed by atoms with Gasteiger partial charge in [0.1, 0.15) is 28.5 Å². The Morgan fingerprint density at radius 2 is 1.65 bits per heavy atom. The average Bonchev–Trinajstić information content (AvgIpc) is 3.50. The van der Waals surface area contributed by atoms with Crippen molar-refractivity contribution >= 4 is 55.2 Å². The molecule has 15 heteroatoms. The third-order valence-electron chi connectivity index (χ3n) is 7.85. The summed E-state index contributed by atoms with van der Waals surface area (Å²) in [7, 11) is -4.43. The molecular weight excluding hydrogens is 764 g/mol. The Morgan fingerprint density at radius 3 is 2.27 bits per heavy atom. The van der Waals surface area contributed by atoms with E-state index >= 15 is 0 Å². The summed E-state index contributed by atoms with van der Waals surface area (Å²) >= 11 is 9.29. The van der Waals surface area contributed by atoms with Gasteiger partial charge in [0.05, 0.1) is 22.5 Å². The number of amides is 2. The van der Waals surface area contributed by atoms with E-state index < -0.39 is 61.4 Å². The number of sulfonamides is 1. The molecule has 0 unspecified atom stereocenters. The fourth-order valence-electron chi connectivity index (χ4n) is 5.50. The molecule has 1 aliphatic heterocycles. The van der Waals surface area contributed by atoms with Crippen LogP contribution in [0.2, 0.25) is 5.02 Å². The van der Waals surface area contributed by atoms with Crippen LogP contribution in [-0.2, 0) is 26.0 Å². The molecule has 0 bridgehead atoms. The Labute approximate surface area is 309 Å². The molecule has 5 rings (SSSR count). The van der Waals surface area contributed by atoms with Crippen LogP contribution in [0.15, 0.2) is 106 Å². The topological polar surface area (TPSA) is 157 Å². The van der Waals surface area contributed by atoms with Crippen molar-refractivity contribution in [1.82, 2.24) is 14.9 Å². The molecule has 0 spiro atoms. The Balaban J connectivity index is 1.39. The second-order valence-electron chi connectivity index (χ2n) is 12.9. The minimum atomic E-state index is -4.43. The predicted octanol–water partition coefficient (Wildman–Crippen LogP) is 7.10. The third kappa shape index (κ3) is 10.1. The molecule has 4 aromatic rings. The van der Waals surface area contributed by atoms with Crippen molar-refractivity contribution in [2.24, 2.45) is 0 Å². The maximum atomic E-state index is 14.0. The van der Waals surface area contributed by atoms with E-state index in [0.717, 1.165) is 33.8 Å². The quantitative estimate of drug-likeness (QED) is 0.0925. The largest absolute Gasteiger partial charge is 0.488 e. The first kappa shape index (κ1) is 37.7. The fourth-order valence-corrected chi connectivity index (χ4v) is 7.12. The van der Waals surface area contributed by atoms with Gasteiger partial charge in [0.2, 0.25) is 15.9 Å². The van der Waals surface area contributed by atoms with E-state index in [1.807, 2.05) is 54.6 Å². The van der Waals surface area contributed by atoms with E-state index in [1.165, 1.54) is 4.90 Å². The van der Waals surface area contributed by atoms with Gasteiger partial charge in [-0.1, -0.05) is 82.1 Å². The number of nitro benzene ring substituents is 1. The number of nitrogens with one attached hydrogen (secondary N) is 2. The molecule has 0 radical (unpaired) electrons. The van der Waals surface area contributed by atoms with Crippen LogP contribution in [0.1, 0.15) is 32.8 Å². The monoisotopic (exact) mass is 798 g/mol. The molecule has 3 atom stereocenters. The highest BCUT2D eigenvalue weighted by Gasteiger charge is 2.43. The summed E-state index contributed by atoms with van der Waals surface area (Å²) in [6, 6.07) is 26.4. The molecule has 1 aliphatic rings. The lowest BCUT2D eigenvalue weighted by Crippen LogP contribution is -2.55. The number of ether oxygens (including phenoxy) is 2. The number of hydrogen-bond donors (Lipinski definition) is 2. The first-order valence-corrected chi connectivity index (χ1v) is 18.6. The van der Waals surface area contributed by atoms with Crippen LogP contribution in [0.3, 0.4) is 0 Å². The van der Waals surface area contributed by atoms with E-state index in [4.69, 9.17) is 21.1 Å². The Kier molecular flexibility index (Phi) is 11.7. The summed E-state index contributed by atoms with van der Waals surface area (Å²) in [6.07, 6.45) is -2.46. The summed E-state index contributed by atoms with van der Waals surface area (Å²) < 4.78 is 42.2. The number of hydrogen-bond acceptors (Lipinski definition) is 8. The van der Waals surface area contributed by atoms with E-state index in [-0.39, 0.29) is 24.4 Å². The smallest absolute Gasteiger partial charge is 0.411 e. The molecule has 0 aliphatic carbocycles. The Morgan fingerprint density at radius 1 is 1.00 bits per heavy atom. The van der Waals surface area contributed by atoms with Gasteiger partial charge in [0, 0.05) is 23.4 Å². The lowest BCUT2D eigenvalue weighted by atomic mass is 10.1. The second kappa shape index (κ2) is 15.8. The number of rotatable bonds is 11. The van der Waals surface area contributed by atoms with Crippen LogP contribution in [-0.4, -0.2) is 60.7 Å². The fraction of sp³-hybridized carbons (Fsp3) is 0.278. The number of carbonyl (C=O) groups is 2. The summed E-state index contributed by atoms with van der Waals surface area (Å²) in [5.41, 5.74) is 1.26. The van der Waals surface area contributed by atoms with Crippen LogP contribution in [0.25, 0.3) is 11.1 Å². The molecule has 1 heterocycles. The molecule has 1 saturated heterocycles. The minimum absolute atomic E-state index is 0.000776. The van der Waals surface area contributed by atoms with Gasteiger partial charge in [-0.2, -0.15) is 4.72 Å². The van der Waals surface area contributed by atoms with E-state index in [9.17, 15) is 28.1 Å². The first-order valence-electron chi connectivity index (χ1n) is 15.9. The third-order valence-corrected chi connectivity index (χ3v) is 10.2. The average molecular weight is 800 g/mol. The number of halogens is 2. The molecular formula is C36H36BrClN4O8S. The number of nitro groups is 1. The number of carbonyl (C=O) groups excluding carboxylic acids is 2. The predicted molar refractivity (Wildman–Crippen MR) is 196 cm³/mol. The molecule has 4 aromatic carbocycles. The first-order chi connectivity index (χ1) is 24.1. The second-order valence-corrected chi connectivity index (χ2v) is 15.9. The molecule has 1 fully saturated rings. The van der Waals surface area contributed by atoms with Crippen LogP contribution in [0.4, 0.5) is 10.5 Å². The number of nitrogens with zero attached hydrogens (tertiary/aromatic N) is 2. The van der Waals surface area contributed by atoms with Gasteiger partial charge in [-0.3, -0.25) is 19.8 Å².